The minimum absolute atomic E-state index is 0.968. The molecule has 0 atom stereocenters. The molecule has 0 radical (unpaired) electrons. The molecule has 0 amide bonds. The van der Waals surface area contributed by atoms with E-state index in [1.807, 2.05) is 24.4 Å². The van der Waals surface area contributed by atoms with E-state index in [4.69, 9.17) is 0 Å². The first-order valence-electron chi connectivity index (χ1n) is 6.64. The summed E-state index contributed by atoms with van der Waals surface area (Å²) >= 11 is 1.69. The fourth-order valence-electron chi connectivity index (χ4n) is 2.15. The Balaban J connectivity index is 1.74. The van der Waals surface area contributed by atoms with Crippen molar-refractivity contribution in [3.05, 3.63) is 54.2 Å². The van der Waals surface area contributed by atoms with Crippen LogP contribution in [0.15, 0.2) is 63.6 Å². The van der Waals surface area contributed by atoms with Crippen molar-refractivity contribution < 1.29 is 0 Å². The monoisotopic (exact) mass is 268 g/mol. The number of pyridine rings is 1. The number of benzene rings is 1. The summed E-state index contributed by atoms with van der Waals surface area (Å²) < 4.78 is 0. The first kappa shape index (κ1) is 12.4. The zero-order valence-electron chi connectivity index (χ0n) is 10.7. The molecule has 3 rings (SSSR count). The van der Waals surface area contributed by atoms with Crippen LogP contribution in [0.4, 0.5) is 0 Å². The van der Waals surface area contributed by atoms with Crippen molar-refractivity contribution >= 4 is 17.5 Å². The fourth-order valence-corrected chi connectivity index (χ4v) is 2.93. The van der Waals surface area contributed by atoms with Crippen LogP contribution in [0.2, 0.25) is 0 Å². The Morgan fingerprint density at radius 3 is 2.53 bits per heavy atom. The van der Waals surface area contributed by atoms with Gasteiger partial charge < -0.3 is 0 Å². The Kier molecular flexibility index (Phi) is 3.94. The molecular formula is C16H16N2S. The van der Waals surface area contributed by atoms with Crippen LogP contribution >= 0.6 is 11.8 Å². The van der Waals surface area contributed by atoms with Gasteiger partial charge in [0.1, 0.15) is 5.03 Å². The van der Waals surface area contributed by atoms with E-state index in [0.29, 0.717) is 0 Å². The first-order valence-corrected chi connectivity index (χ1v) is 7.46. The quantitative estimate of drug-likeness (QED) is 0.833. The van der Waals surface area contributed by atoms with Crippen LogP contribution in [0, 0.1) is 0 Å². The van der Waals surface area contributed by atoms with Crippen molar-refractivity contribution in [2.45, 2.75) is 29.2 Å². The van der Waals surface area contributed by atoms with Crippen molar-refractivity contribution in [1.82, 2.24) is 4.98 Å². The third-order valence-corrected chi connectivity index (χ3v) is 4.12. The zero-order valence-corrected chi connectivity index (χ0v) is 11.6. The molecule has 0 bridgehead atoms. The zero-order chi connectivity index (χ0) is 12.9. The third kappa shape index (κ3) is 3.24. The Hall–Kier alpha value is -1.61. The van der Waals surface area contributed by atoms with Crippen LogP contribution in [-0.4, -0.2) is 17.2 Å². The summed E-state index contributed by atoms with van der Waals surface area (Å²) in [7, 11) is 0. The second kappa shape index (κ2) is 6.02. The average molecular weight is 268 g/mol. The molecule has 0 fully saturated rings. The van der Waals surface area contributed by atoms with Gasteiger partial charge in [-0.3, -0.25) is 4.99 Å². The Morgan fingerprint density at radius 1 is 0.947 bits per heavy atom. The lowest BCUT2D eigenvalue weighted by molar-refractivity contribution is 0.738. The minimum Gasteiger partial charge on any atom is -0.289 e. The van der Waals surface area contributed by atoms with Gasteiger partial charge in [0.25, 0.3) is 0 Å². The molecular weight excluding hydrogens is 252 g/mol. The molecule has 1 aliphatic heterocycles. The number of hydrogen-bond donors (Lipinski definition) is 0. The maximum Gasteiger partial charge on any atom is 0.101 e. The molecule has 3 heteroatoms. The minimum atomic E-state index is 0.968. The van der Waals surface area contributed by atoms with Crippen LogP contribution in [0.25, 0.3) is 0 Å². The molecule has 2 nitrogen and oxygen atoms in total. The normalized spacial score (nSPS) is 15.1. The van der Waals surface area contributed by atoms with E-state index in [1.165, 1.54) is 29.0 Å². The lowest BCUT2D eigenvalue weighted by Gasteiger charge is -2.11. The van der Waals surface area contributed by atoms with Gasteiger partial charge in [-0.1, -0.05) is 30.0 Å². The standard InChI is InChI=1S/C16H16N2S/c1-2-6-14(7-3-1)19-16-10-9-13(12-18-16)15-8-4-5-11-17-15/h1-3,6-7,9-10,12H,4-5,8,11H2. The van der Waals surface area contributed by atoms with Crippen molar-refractivity contribution in [2.75, 3.05) is 6.54 Å². The van der Waals surface area contributed by atoms with Gasteiger partial charge >= 0.3 is 0 Å². The van der Waals surface area contributed by atoms with Crippen LogP contribution in [0.3, 0.4) is 0 Å². The highest BCUT2D eigenvalue weighted by molar-refractivity contribution is 7.99. The molecule has 1 aliphatic rings. The highest BCUT2D eigenvalue weighted by atomic mass is 32.2. The Labute approximate surface area is 118 Å². The van der Waals surface area contributed by atoms with Gasteiger partial charge in [0.15, 0.2) is 0 Å². The molecule has 0 saturated heterocycles. The van der Waals surface area contributed by atoms with Crippen molar-refractivity contribution in [3.8, 4) is 0 Å². The lowest BCUT2D eigenvalue weighted by Crippen LogP contribution is -2.07. The summed E-state index contributed by atoms with van der Waals surface area (Å²) in [5.74, 6) is 0. The second-order valence-electron chi connectivity index (χ2n) is 4.59. The molecule has 0 aliphatic carbocycles. The number of nitrogens with zero attached hydrogens (tertiary/aromatic N) is 2. The van der Waals surface area contributed by atoms with Gasteiger partial charge in [0, 0.05) is 28.9 Å². The van der Waals surface area contributed by atoms with Crippen LogP contribution < -0.4 is 0 Å². The third-order valence-electron chi connectivity index (χ3n) is 3.16. The molecule has 0 saturated carbocycles. The molecule has 1 aromatic heterocycles. The van der Waals surface area contributed by atoms with E-state index in [1.54, 1.807) is 11.8 Å². The molecule has 0 unspecified atom stereocenters. The molecule has 19 heavy (non-hydrogen) atoms. The average Bonchev–Trinajstić information content (AvgIpc) is 2.50. The maximum absolute atomic E-state index is 4.58. The van der Waals surface area contributed by atoms with Gasteiger partial charge in [-0.2, -0.15) is 0 Å². The van der Waals surface area contributed by atoms with Gasteiger partial charge in [-0.15, -0.1) is 0 Å². The van der Waals surface area contributed by atoms with Crippen LogP contribution in [0.5, 0.6) is 0 Å². The van der Waals surface area contributed by atoms with Crippen LogP contribution in [0.1, 0.15) is 24.8 Å². The lowest BCUT2D eigenvalue weighted by atomic mass is 10.0. The van der Waals surface area contributed by atoms with Crippen molar-refractivity contribution in [3.63, 3.8) is 0 Å². The highest BCUT2D eigenvalue weighted by Crippen LogP contribution is 2.25. The predicted molar refractivity (Wildman–Crippen MR) is 80.1 cm³/mol. The summed E-state index contributed by atoms with van der Waals surface area (Å²) in [5, 5.41) is 1.03. The Morgan fingerprint density at radius 2 is 1.84 bits per heavy atom. The van der Waals surface area contributed by atoms with Gasteiger partial charge in [-0.05, 0) is 43.5 Å². The molecule has 2 aromatic rings. The maximum atomic E-state index is 4.58. The smallest absolute Gasteiger partial charge is 0.101 e. The molecule has 96 valence electrons. The van der Waals surface area contributed by atoms with E-state index in [-0.39, 0.29) is 0 Å². The first-order chi connectivity index (χ1) is 9.42. The number of hydrogen-bond acceptors (Lipinski definition) is 3. The van der Waals surface area contributed by atoms with Crippen molar-refractivity contribution in [1.29, 1.82) is 0 Å². The van der Waals surface area contributed by atoms with E-state index in [0.717, 1.165) is 18.0 Å². The fraction of sp³-hybridized carbons (Fsp3) is 0.250. The SMILES string of the molecule is c1ccc(Sc2ccc(C3=NCCCC3)cn2)cc1. The topological polar surface area (TPSA) is 25.2 Å². The molecule has 0 N–H and O–H groups in total. The summed E-state index contributed by atoms with van der Waals surface area (Å²) in [5.41, 5.74) is 2.40. The summed E-state index contributed by atoms with van der Waals surface area (Å²) in [4.78, 5) is 10.3. The van der Waals surface area contributed by atoms with Gasteiger partial charge in [0.05, 0.1) is 0 Å². The number of aliphatic imine (C=N–C) groups is 1. The van der Waals surface area contributed by atoms with E-state index in [2.05, 4.69) is 34.2 Å². The van der Waals surface area contributed by atoms with Gasteiger partial charge in [0.2, 0.25) is 0 Å². The van der Waals surface area contributed by atoms with E-state index < -0.39 is 0 Å². The summed E-state index contributed by atoms with van der Waals surface area (Å²) in [6, 6.07) is 14.6. The molecule has 1 aromatic carbocycles. The second-order valence-corrected chi connectivity index (χ2v) is 5.68. The Bertz CT molecular complexity index is 561. The van der Waals surface area contributed by atoms with E-state index in [9.17, 15) is 0 Å². The predicted octanol–water partition coefficient (Wildman–Crippen LogP) is 4.21. The molecule has 0 spiro atoms. The number of aromatic nitrogens is 1. The molecule has 2 heterocycles. The number of rotatable bonds is 3. The van der Waals surface area contributed by atoms with Gasteiger partial charge in [-0.25, -0.2) is 4.98 Å². The largest absolute Gasteiger partial charge is 0.289 e. The highest BCUT2D eigenvalue weighted by Gasteiger charge is 2.08. The summed E-state index contributed by atoms with van der Waals surface area (Å²) in [6.45, 7) is 0.968. The van der Waals surface area contributed by atoms with E-state index >= 15 is 0 Å². The van der Waals surface area contributed by atoms with Crippen LogP contribution in [-0.2, 0) is 0 Å². The van der Waals surface area contributed by atoms with Crippen molar-refractivity contribution in [2.24, 2.45) is 4.99 Å². The summed E-state index contributed by atoms with van der Waals surface area (Å²) in [6.07, 6.45) is 5.51.